The highest BCUT2D eigenvalue weighted by atomic mass is 35.5. The zero-order valence-electron chi connectivity index (χ0n) is 15.5. The molecule has 1 aromatic heterocycles. The average molecular weight is 389 g/mol. The zero-order chi connectivity index (χ0) is 19.6. The first kappa shape index (κ1) is 18.5. The maximum atomic E-state index is 11.8. The van der Waals surface area contributed by atoms with Crippen LogP contribution in [0.15, 0.2) is 91.1 Å². The Hall–Kier alpha value is -2.88. The lowest BCUT2D eigenvalue weighted by Gasteiger charge is -2.27. The molecule has 4 aromatic rings. The van der Waals surface area contributed by atoms with Gasteiger partial charge in [-0.05, 0) is 28.8 Å². The zero-order valence-corrected chi connectivity index (χ0v) is 16.3. The second-order valence-electron chi connectivity index (χ2n) is 6.90. The predicted molar refractivity (Wildman–Crippen MR) is 113 cm³/mol. The average Bonchev–Trinajstić information content (AvgIpc) is 3.25. The molecule has 4 rings (SSSR count). The van der Waals surface area contributed by atoms with Gasteiger partial charge in [-0.3, -0.25) is 0 Å². The first-order valence-corrected chi connectivity index (χ1v) is 9.61. The Kier molecular flexibility index (Phi) is 5.03. The van der Waals surface area contributed by atoms with Crippen LogP contribution in [0, 0.1) is 0 Å². The number of halogens is 1. The summed E-state index contributed by atoms with van der Waals surface area (Å²) in [5.74, 6) is 0.617. The molecule has 140 valence electrons. The van der Waals surface area contributed by atoms with Crippen LogP contribution in [0.25, 0.3) is 0 Å². The summed E-state index contributed by atoms with van der Waals surface area (Å²) in [6, 6.07) is 27.0. The summed E-state index contributed by atoms with van der Waals surface area (Å²) in [4.78, 5) is 7.94. The fourth-order valence-corrected chi connectivity index (χ4v) is 3.60. The summed E-state index contributed by atoms with van der Waals surface area (Å²) in [6.07, 6.45) is 1.80. The van der Waals surface area contributed by atoms with E-state index in [1.807, 2.05) is 60.7 Å². The van der Waals surface area contributed by atoms with Gasteiger partial charge >= 0.3 is 0 Å². The van der Waals surface area contributed by atoms with E-state index in [0.717, 1.165) is 11.3 Å². The van der Waals surface area contributed by atoms with Gasteiger partial charge in [0, 0.05) is 22.8 Å². The molecule has 0 fully saturated rings. The van der Waals surface area contributed by atoms with E-state index in [1.165, 1.54) is 5.56 Å². The van der Waals surface area contributed by atoms with Crippen LogP contribution in [0.5, 0.6) is 0 Å². The van der Waals surface area contributed by atoms with Crippen LogP contribution in [0.3, 0.4) is 0 Å². The van der Waals surface area contributed by atoms with Crippen molar-refractivity contribution in [1.82, 2.24) is 9.97 Å². The van der Waals surface area contributed by atoms with Gasteiger partial charge in [-0.1, -0.05) is 91.3 Å². The van der Waals surface area contributed by atoms with E-state index in [2.05, 4.69) is 29.0 Å². The van der Waals surface area contributed by atoms with Gasteiger partial charge in [0.2, 0.25) is 0 Å². The first-order chi connectivity index (χ1) is 13.6. The van der Waals surface area contributed by atoms with Crippen LogP contribution in [-0.2, 0) is 5.60 Å². The molecule has 0 saturated heterocycles. The SMILES string of the molecule is CC(c1ccccc1)c1cnc(C(O)(c2ccccc2)c2ccc(Cl)cc2)[nH]1. The van der Waals surface area contributed by atoms with Crippen LogP contribution < -0.4 is 0 Å². The molecule has 0 aliphatic carbocycles. The molecule has 28 heavy (non-hydrogen) atoms. The molecule has 0 amide bonds. The molecule has 3 nitrogen and oxygen atoms in total. The number of nitrogens with zero attached hydrogens (tertiary/aromatic N) is 1. The fraction of sp³-hybridized carbons (Fsp3) is 0.125. The number of aromatic amines is 1. The van der Waals surface area contributed by atoms with Gasteiger partial charge in [0.25, 0.3) is 0 Å². The van der Waals surface area contributed by atoms with Crippen molar-refractivity contribution in [3.05, 3.63) is 124 Å². The first-order valence-electron chi connectivity index (χ1n) is 9.23. The molecule has 2 unspecified atom stereocenters. The van der Waals surface area contributed by atoms with Crippen molar-refractivity contribution in [1.29, 1.82) is 0 Å². The highest BCUT2D eigenvalue weighted by Crippen LogP contribution is 2.36. The van der Waals surface area contributed by atoms with Crippen LogP contribution in [0.1, 0.15) is 41.1 Å². The van der Waals surface area contributed by atoms with E-state index in [9.17, 15) is 5.11 Å². The van der Waals surface area contributed by atoms with E-state index >= 15 is 0 Å². The number of aromatic nitrogens is 2. The maximum Gasteiger partial charge on any atom is 0.172 e. The molecule has 3 aromatic carbocycles. The van der Waals surface area contributed by atoms with Gasteiger partial charge in [0.05, 0.1) is 0 Å². The molecular formula is C24H21ClN2O. The molecule has 0 saturated carbocycles. The summed E-state index contributed by atoms with van der Waals surface area (Å²) < 4.78 is 0. The van der Waals surface area contributed by atoms with Gasteiger partial charge in [-0.15, -0.1) is 0 Å². The number of imidazole rings is 1. The molecule has 0 aliphatic rings. The normalized spacial score (nSPS) is 14.4. The number of hydrogen-bond acceptors (Lipinski definition) is 2. The van der Waals surface area contributed by atoms with Crippen molar-refractivity contribution >= 4 is 11.6 Å². The van der Waals surface area contributed by atoms with Crippen molar-refractivity contribution in [2.75, 3.05) is 0 Å². The number of benzene rings is 3. The summed E-state index contributed by atoms with van der Waals surface area (Å²) in [6.45, 7) is 2.12. The summed E-state index contributed by atoms with van der Waals surface area (Å²) in [5.41, 5.74) is 2.18. The van der Waals surface area contributed by atoms with Crippen LogP contribution in [0.2, 0.25) is 5.02 Å². The van der Waals surface area contributed by atoms with E-state index in [1.54, 1.807) is 18.3 Å². The third-order valence-electron chi connectivity index (χ3n) is 5.16. The summed E-state index contributed by atoms with van der Waals surface area (Å²) >= 11 is 6.06. The molecule has 2 atom stereocenters. The third-order valence-corrected chi connectivity index (χ3v) is 5.41. The minimum absolute atomic E-state index is 0.132. The number of H-pyrrole nitrogens is 1. The van der Waals surface area contributed by atoms with Gasteiger partial charge in [0.15, 0.2) is 5.60 Å². The Morgan fingerprint density at radius 1 is 0.857 bits per heavy atom. The standard InChI is InChI=1S/C24H21ClN2O/c1-17(18-8-4-2-5-9-18)22-16-26-23(27-22)24(28,19-10-6-3-7-11-19)20-12-14-21(25)15-13-20/h2-17,28H,1H3,(H,26,27). The lowest BCUT2D eigenvalue weighted by atomic mass is 9.85. The number of hydrogen-bond donors (Lipinski definition) is 2. The van der Waals surface area contributed by atoms with Crippen molar-refractivity contribution < 1.29 is 5.11 Å². The minimum Gasteiger partial charge on any atom is -0.373 e. The Balaban J connectivity index is 1.80. The van der Waals surface area contributed by atoms with Crippen molar-refractivity contribution in [2.24, 2.45) is 0 Å². The molecular weight excluding hydrogens is 368 g/mol. The van der Waals surface area contributed by atoms with Crippen molar-refractivity contribution in [3.63, 3.8) is 0 Å². The molecule has 0 aliphatic heterocycles. The van der Waals surface area contributed by atoms with Gasteiger partial charge in [0.1, 0.15) is 5.82 Å². The molecule has 2 N–H and O–H groups in total. The van der Waals surface area contributed by atoms with Crippen molar-refractivity contribution in [3.8, 4) is 0 Å². The van der Waals surface area contributed by atoms with E-state index < -0.39 is 5.60 Å². The summed E-state index contributed by atoms with van der Waals surface area (Å²) in [5, 5.41) is 12.5. The van der Waals surface area contributed by atoms with E-state index in [0.29, 0.717) is 16.4 Å². The molecule has 1 heterocycles. The number of aliphatic hydroxyl groups is 1. The largest absolute Gasteiger partial charge is 0.373 e. The Morgan fingerprint density at radius 2 is 1.43 bits per heavy atom. The molecule has 0 bridgehead atoms. The third kappa shape index (κ3) is 3.35. The van der Waals surface area contributed by atoms with Gasteiger partial charge < -0.3 is 10.1 Å². The topological polar surface area (TPSA) is 48.9 Å². The maximum absolute atomic E-state index is 11.8. The monoisotopic (exact) mass is 388 g/mol. The summed E-state index contributed by atoms with van der Waals surface area (Å²) in [7, 11) is 0. The Bertz CT molecular complexity index is 1040. The van der Waals surface area contributed by atoms with E-state index in [-0.39, 0.29) is 5.92 Å². The van der Waals surface area contributed by atoms with Gasteiger partial charge in [-0.25, -0.2) is 4.98 Å². The highest BCUT2D eigenvalue weighted by Gasteiger charge is 2.37. The van der Waals surface area contributed by atoms with Crippen LogP contribution >= 0.6 is 11.6 Å². The van der Waals surface area contributed by atoms with Crippen LogP contribution in [0.4, 0.5) is 0 Å². The lowest BCUT2D eigenvalue weighted by Crippen LogP contribution is -2.30. The quantitative estimate of drug-likeness (QED) is 0.474. The Labute approximate surface area is 169 Å². The lowest BCUT2D eigenvalue weighted by molar-refractivity contribution is 0.116. The molecule has 4 heteroatoms. The predicted octanol–water partition coefficient (Wildman–Crippen LogP) is 5.50. The second kappa shape index (κ2) is 7.63. The molecule has 0 radical (unpaired) electrons. The van der Waals surface area contributed by atoms with E-state index in [4.69, 9.17) is 11.6 Å². The van der Waals surface area contributed by atoms with Crippen molar-refractivity contribution in [2.45, 2.75) is 18.4 Å². The fourth-order valence-electron chi connectivity index (χ4n) is 3.47. The minimum atomic E-state index is -1.40. The van der Waals surface area contributed by atoms with Gasteiger partial charge in [-0.2, -0.15) is 0 Å². The highest BCUT2D eigenvalue weighted by molar-refractivity contribution is 6.30. The smallest absolute Gasteiger partial charge is 0.172 e. The number of rotatable bonds is 5. The molecule has 0 spiro atoms. The number of nitrogens with one attached hydrogen (secondary N) is 1. The Morgan fingerprint density at radius 3 is 2.07 bits per heavy atom. The second-order valence-corrected chi connectivity index (χ2v) is 7.34. The van der Waals surface area contributed by atoms with Crippen LogP contribution in [-0.4, -0.2) is 15.1 Å².